The Morgan fingerprint density at radius 2 is 1.89 bits per heavy atom. The highest BCUT2D eigenvalue weighted by Crippen LogP contribution is 2.25. The van der Waals surface area contributed by atoms with E-state index in [0.717, 1.165) is 16.7 Å². The third kappa shape index (κ3) is 3.34. The first kappa shape index (κ1) is 14.5. The molecule has 0 spiro atoms. The van der Waals surface area contributed by atoms with Gasteiger partial charge >= 0.3 is 0 Å². The summed E-state index contributed by atoms with van der Waals surface area (Å²) in [6.07, 6.45) is 0.656. The molecule has 100 valence electrons. The van der Waals surface area contributed by atoms with Crippen molar-refractivity contribution >= 4 is 22.6 Å². The van der Waals surface area contributed by atoms with E-state index >= 15 is 0 Å². The normalized spacial score (nSPS) is 12.5. The average molecular weight is 369 g/mol. The minimum absolute atomic E-state index is 0.104. The van der Waals surface area contributed by atoms with Gasteiger partial charge in [0.05, 0.1) is 0 Å². The Bertz CT molecular complexity index is 595. The van der Waals surface area contributed by atoms with Crippen molar-refractivity contribution in [2.45, 2.75) is 26.3 Å². The molecule has 2 N–H and O–H groups in total. The monoisotopic (exact) mass is 369 g/mol. The zero-order chi connectivity index (χ0) is 14.0. The summed E-state index contributed by atoms with van der Waals surface area (Å²) in [5.74, 6) is -0.202. The van der Waals surface area contributed by atoms with Crippen LogP contribution in [0, 0.1) is 23.2 Å². The molecule has 0 aromatic heterocycles. The van der Waals surface area contributed by atoms with Gasteiger partial charge in [0.25, 0.3) is 0 Å². The van der Waals surface area contributed by atoms with E-state index in [1.54, 1.807) is 12.1 Å². The van der Waals surface area contributed by atoms with E-state index in [1.165, 1.54) is 15.2 Å². The molecular formula is C16H17FIN. The van der Waals surface area contributed by atoms with Crippen LogP contribution in [0.4, 0.5) is 4.39 Å². The molecule has 0 amide bonds. The summed E-state index contributed by atoms with van der Waals surface area (Å²) >= 11 is 2.32. The van der Waals surface area contributed by atoms with Crippen LogP contribution in [-0.2, 0) is 6.42 Å². The standard InChI is InChI=1S/C16H17FIN/c1-10-6-7-13(17)8-12(10)9-15(19)14-5-3-4-11(2)16(14)18/h3-8,15H,9,19H2,1-2H3. The van der Waals surface area contributed by atoms with Gasteiger partial charge in [-0.2, -0.15) is 0 Å². The first-order valence-electron chi connectivity index (χ1n) is 6.24. The quantitative estimate of drug-likeness (QED) is 0.803. The second kappa shape index (κ2) is 6.01. The maximum atomic E-state index is 13.3. The van der Waals surface area contributed by atoms with Gasteiger partial charge in [-0.05, 0) is 77.2 Å². The fourth-order valence-electron chi connectivity index (χ4n) is 2.16. The van der Waals surface area contributed by atoms with Gasteiger partial charge < -0.3 is 5.73 Å². The van der Waals surface area contributed by atoms with Crippen molar-refractivity contribution in [1.82, 2.24) is 0 Å². The van der Waals surface area contributed by atoms with Crippen LogP contribution >= 0.6 is 22.6 Å². The maximum absolute atomic E-state index is 13.3. The van der Waals surface area contributed by atoms with Crippen LogP contribution in [0.5, 0.6) is 0 Å². The molecule has 2 aromatic carbocycles. The molecule has 0 bridgehead atoms. The zero-order valence-corrected chi connectivity index (χ0v) is 13.2. The molecule has 0 aliphatic heterocycles. The summed E-state index contributed by atoms with van der Waals surface area (Å²) in [6.45, 7) is 4.06. The molecule has 3 heteroatoms. The Labute approximate surface area is 127 Å². The predicted molar refractivity (Wildman–Crippen MR) is 85.7 cm³/mol. The molecule has 19 heavy (non-hydrogen) atoms. The van der Waals surface area contributed by atoms with Crippen molar-refractivity contribution in [3.05, 3.63) is 68.0 Å². The second-order valence-corrected chi connectivity index (χ2v) is 5.94. The summed E-state index contributed by atoms with van der Waals surface area (Å²) in [7, 11) is 0. The fourth-order valence-corrected chi connectivity index (χ4v) is 2.92. The van der Waals surface area contributed by atoms with Crippen LogP contribution in [0.2, 0.25) is 0 Å². The van der Waals surface area contributed by atoms with Crippen LogP contribution in [0.3, 0.4) is 0 Å². The summed E-state index contributed by atoms with van der Waals surface area (Å²) in [5.41, 5.74) is 10.7. The molecule has 2 aromatic rings. The lowest BCUT2D eigenvalue weighted by Crippen LogP contribution is -2.16. The Morgan fingerprint density at radius 1 is 1.16 bits per heavy atom. The minimum atomic E-state index is -0.202. The second-order valence-electron chi connectivity index (χ2n) is 4.86. The third-order valence-corrected chi connectivity index (χ3v) is 4.85. The maximum Gasteiger partial charge on any atom is 0.123 e. The van der Waals surface area contributed by atoms with E-state index in [1.807, 2.05) is 19.1 Å². The number of hydrogen-bond donors (Lipinski definition) is 1. The number of benzene rings is 2. The molecule has 0 radical (unpaired) electrons. The SMILES string of the molecule is Cc1ccc(F)cc1CC(N)c1cccc(C)c1I. The highest BCUT2D eigenvalue weighted by molar-refractivity contribution is 14.1. The lowest BCUT2D eigenvalue weighted by molar-refractivity contribution is 0.620. The number of rotatable bonds is 3. The average Bonchev–Trinajstić information content (AvgIpc) is 2.37. The molecule has 0 fully saturated rings. The lowest BCUT2D eigenvalue weighted by Gasteiger charge is -2.16. The molecule has 1 nitrogen and oxygen atoms in total. The number of aryl methyl sites for hydroxylation is 2. The molecule has 0 aliphatic rings. The van der Waals surface area contributed by atoms with Gasteiger partial charge in [0.15, 0.2) is 0 Å². The summed E-state index contributed by atoms with van der Waals surface area (Å²) in [6, 6.07) is 10.9. The van der Waals surface area contributed by atoms with E-state index in [4.69, 9.17) is 5.73 Å². The Balaban J connectivity index is 2.28. The summed E-state index contributed by atoms with van der Waals surface area (Å²) in [5, 5.41) is 0. The highest BCUT2D eigenvalue weighted by Gasteiger charge is 2.13. The molecule has 0 saturated carbocycles. The van der Waals surface area contributed by atoms with Crippen molar-refractivity contribution < 1.29 is 4.39 Å². The van der Waals surface area contributed by atoms with Crippen molar-refractivity contribution in [2.24, 2.45) is 5.73 Å². The van der Waals surface area contributed by atoms with Gasteiger partial charge in [-0.3, -0.25) is 0 Å². The first-order valence-corrected chi connectivity index (χ1v) is 7.32. The molecule has 0 saturated heterocycles. The Hall–Kier alpha value is -0.940. The summed E-state index contributed by atoms with van der Waals surface area (Å²) in [4.78, 5) is 0. The van der Waals surface area contributed by atoms with Crippen LogP contribution < -0.4 is 5.73 Å². The molecule has 1 unspecified atom stereocenters. The van der Waals surface area contributed by atoms with Gasteiger partial charge in [-0.25, -0.2) is 4.39 Å². The van der Waals surface area contributed by atoms with E-state index < -0.39 is 0 Å². The van der Waals surface area contributed by atoms with Crippen molar-refractivity contribution in [3.63, 3.8) is 0 Å². The van der Waals surface area contributed by atoms with Gasteiger partial charge in [0.1, 0.15) is 5.82 Å². The fraction of sp³-hybridized carbons (Fsp3) is 0.250. The van der Waals surface area contributed by atoms with Crippen LogP contribution in [-0.4, -0.2) is 0 Å². The highest BCUT2D eigenvalue weighted by atomic mass is 127. The number of nitrogens with two attached hydrogens (primary N) is 1. The molecule has 0 aliphatic carbocycles. The predicted octanol–water partition coefficient (Wildman–Crippen LogP) is 4.29. The number of hydrogen-bond acceptors (Lipinski definition) is 1. The zero-order valence-electron chi connectivity index (χ0n) is 11.1. The van der Waals surface area contributed by atoms with Crippen molar-refractivity contribution in [1.29, 1.82) is 0 Å². The van der Waals surface area contributed by atoms with Crippen molar-refractivity contribution in [3.8, 4) is 0 Å². The topological polar surface area (TPSA) is 26.0 Å². The lowest BCUT2D eigenvalue weighted by atomic mass is 9.96. The van der Waals surface area contributed by atoms with E-state index in [2.05, 4.69) is 35.6 Å². The van der Waals surface area contributed by atoms with E-state index in [0.29, 0.717) is 6.42 Å². The Kier molecular flexibility index (Phi) is 4.58. The van der Waals surface area contributed by atoms with Gasteiger partial charge in [0.2, 0.25) is 0 Å². The van der Waals surface area contributed by atoms with Crippen LogP contribution in [0.25, 0.3) is 0 Å². The van der Waals surface area contributed by atoms with Gasteiger partial charge in [0, 0.05) is 9.61 Å². The Morgan fingerprint density at radius 3 is 2.63 bits per heavy atom. The van der Waals surface area contributed by atoms with E-state index in [-0.39, 0.29) is 11.9 Å². The van der Waals surface area contributed by atoms with Crippen LogP contribution in [0.15, 0.2) is 36.4 Å². The largest absolute Gasteiger partial charge is 0.324 e. The van der Waals surface area contributed by atoms with Gasteiger partial charge in [-0.1, -0.05) is 24.3 Å². The van der Waals surface area contributed by atoms with E-state index in [9.17, 15) is 4.39 Å². The molecule has 1 atom stereocenters. The third-order valence-electron chi connectivity index (χ3n) is 3.37. The van der Waals surface area contributed by atoms with Crippen LogP contribution in [0.1, 0.15) is 28.3 Å². The minimum Gasteiger partial charge on any atom is -0.324 e. The molecule has 2 rings (SSSR count). The van der Waals surface area contributed by atoms with Gasteiger partial charge in [-0.15, -0.1) is 0 Å². The first-order chi connectivity index (χ1) is 8.99. The smallest absolute Gasteiger partial charge is 0.123 e. The molecular weight excluding hydrogens is 352 g/mol. The number of halogens is 2. The summed E-state index contributed by atoms with van der Waals surface area (Å²) < 4.78 is 14.5. The van der Waals surface area contributed by atoms with Crippen molar-refractivity contribution in [2.75, 3.05) is 0 Å². The molecule has 0 heterocycles.